The molecule has 0 unspecified atom stereocenters. The van der Waals surface area contributed by atoms with Gasteiger partial charge in [0, 0.05) is 16.9 Å². The first kappa shape index (κ1) is 25.9. The number of nitrogens with one attached hydrogen (secondary N) is 2. The fourth-order valence-electron chi connectivity index (χ4n) is 3.51. The summed E-state index contributed by atoms with van der Waals surface area (Å²) in [4.78, 5) is 50.9. The number of carbonyl (C=O) groups excluding carboxylic acids is 4. The molecule has 0 saturated heterocycles. The van der Waals surface area contributed by atoms with Gasteiger partial charge in [-0.25, -0.2) is 14.1 Å². The molecule has 0 atom stereocenters. The van der Waals surface area contributed by atoms with Gasteiger partial charge in [-0.15, -0.1) is 0 Å². The summed E-state index contributed by atoms with van der Waals surface area (Å²) in [6.07, 6.45) is 0. The number of rotatable bonds is 6. The van der Waals surface area contributed by atoms with Gasteiger partial charge in [-0.2, -0.15) is 0 Å². The highest BCUT2D eigenvalue weighted by Crippen LogP contribution is 2.33. The number of amides is 3. The van der Waals surface area contributed by atoms with Crippen molar-refractivity contribution in [2.75, 3.05) is 22.6 Å². The first-order chi connectivity index (χ1) is 17.6. The highest BCUT2D eigenvalue weighted by Gasteiger charge is 2.39. The molecule has 0 aliphatic carbocycles. The van der Waals surface area contributed by atoms with E-state index >= 15 is 0 Å². The SMILES string of the molecule is COC(=O)c1ccc(NC(=O)c2ccc(C)c(NC3=C(Cl)C(=O)N(c4ccc(F)c(Cl)c4)C3=O)c2)cc1. The standard InChI is InChI=1S/C26H18Cl2FN3O5/c1-13-3-4-15(23(33)30-16-7-5-14(6-8-16)26(36)37-2)11-20(13)31-22-21(28)24(34)32(25(22)35)17-9-10-19(29)18(27)12-17/h3-12,31H,1-2H3,(H,30,33). The molecule has 0 bridgehead atoms. The minimum Gasteiger partial charge on any atom is -0.465 e. The van der Waals surface area contributed by atoms with E-state index in [9.17, 15) is 23.6 Å². The molecule has 1 heterocycles. The summed E-state index contributed by atoms with van der Waals surface area (Å²) in [5.41, 5.74) is 1.91. The summed E-state index contributed by atoms with van der Waals surface area (Å²) in [6.45, 7) is 1.74. The molecule has 0 spiro atoms. The second kappa shape index (κ2) is 10.4. The zero-order valence-corrected chi connectivity index (χ0v) is 20.9. The Kier molecular flexibility index (Phi) is 7.28. The van der Waals surface area contributed by atoms with E-state index in [4.69, 9.17) is 23.2 Å². The molecule has 3 aromatic rings. The van der Waals surface area contributed by atoms with Crippen molar-refractivity contribution < 1.29 is 28.3 Å². The van der Waals surface area contributed by atoms with Crippen molar-refractivity contribution in [1.82, 2.24) is 0 Å². The Morgan fingerprint density at radius 3 is 2.24 bits per heavy atom. The summed E-state index contributed by atoms with van der Waals surface area (Å²) in [6, 6.07) is 14.3. The van der Waals surface area contributed by atoms with E-state index in [1.807, 2.05) is 0 Å². The minimum atomic E-state index is -0.807. The van der Waals surface area contributed by atoms with E-state index in [-0.39, 0.29) is 27.0 Å². The van der Waals surface area contributed by atoms with Crippen LogP contribution in [0.3, 0.4) is 0 Å². The average molecular weight is 542 g/mol. The highest BCUT2D eigenvalue weighted by molar-refractivity contribution is 6.53. The summed E-state index contributed by atoms with van der Waals surface area (Å²) in [7, 11) is 1.27. The Morgan fingerprint density at radius 1 is 0.919 bits per heavy atom. The maximum Gasteiger partial charge on any atom is 0.337 e. The van der Waals surface area contributed by atoms with Crippen LogP contribution in [0.5, 0.6) is 0 Å². The van der Waals surface area contributed by atoms with E-state index in [2.05, 4.69) is 15.4 Å². The van der Waals surface area contributed by atoms with Crippen LogP contribution in [-0.2, 0) is 14.3 Å². The third-order valence-electron chi connectivity index (χ3n) is 5.51. The number of hydrogen-bond acceptors (Lipinski definition) is 6. The average Bonchev–Trinajstić information content (AvgIpc) is 3.09. The number of methoxy groups -OCH3 is 1. The van der Waals surface area contributed by atoms with Crippen LogP contribution in [-0.4, -0.2) is 30.8 Å². The van der Waals surface area contributed by atoms with E-state index < -0.39 is 29.5 Å². The Hall–Kier alpha value is -4.21. The normalized spacial score (nSPS) is 13.2. The lowest BCUT2D eigenvalue weighted by atomic mass is 10.1. The van der Waals surface area contributed by atoms with Crippen molar-refractivity contribution in [3.63, 3.8) is 0 Å². The molecule has 4 rings (SSSR count). The second-order valence-electron chi connectivity index (χ2n) is 7.91. The predicted octanol–water partition coefficient (Wildman–Crippen LogP) is 5.26. The van der Waals surface area contributed by atoms with Gasteiger partial charge in [0.2, 0.25) is 0 Å². The fourth-order valence-corrected chi connectivity index (χ4v) is 3.90. The first-order valence-electron chi connectivity index (χ1n) is 10.7. The quantitative estimate of drug-likeness (QED) is 0.325. The monoisotopic (exact) mass is 541 g/mol. The number of anilines is 3. The molecule has 1 aliphatic heterocycles. The van der Waals surface area contributed by atoms with E-state index in [0.717, 1.165) is 17.0 Å². The second-order valence-corrected chi connectivity index (χ2v) is 8.70. The first-order valence-corrected chi connectivity index (χ1v) is 11.5. The van der Waals surface area contributed by atoms with Gasteiger partial charge in [0.05, 0.1) is 23.4 Å². The van der Waals surface area contributed by atoms with Crippen molar-refractivity contribution in [3.05, 3.63) is 98.9 Å². The molecule has 188 valence electrons. The number of nitrogens with zero attached hydrogens (tertiary/aromatic N) is 1. The molecule has 2 N–H and O–H groups in total. The zero-order valence-electron chi connectivity index (χ0n) is 19.4. The predicted molar refractivity (Wildman–Crippen MR) is 137 cm³/mol. The largest absolute Gasteiger partial charge is 0.465 e. The van der Waals surface area contributed by atoms with E-state index in [1.54, 1.807) is 31.2 Å². The van der Waals surface area contributed by atoms with Crippen LogP contribution in [0.4, 0.5) is 21.5 Å². The zero-order chi connectivity index (χ0) is 26.9. The van der Waals surface area contributed by atoms with Crippen molar-refractivity contribution in [2.24, 2.45) is 0 Å². The lowest BCUT2D eigenvalue weighted by Gasteiger charge is -2.16. The third-order valence-corrected chi connectivity index (χ3v) is 6.15. The number of ether oxygens (including phenoxy) is 1. The Bertz CT molecular complexity index is 1490. The maximum absolute atomic E-state index is 13.6. The number of hydrogen-bond donors (Lipinski definition) is 2. The van der Waals surface area contributed by atoms with Crippen LogP contribution in [0.15, 0.2) is 71.4 Å². The third kappa shape index (κ3) is 5.18. The summed E-state index contributed by atoms with van der Waals surface area (Å²) in [5.74, 6) is -3.23. The molecular weight excluding hydrogens is 524 g/mol. The number of aryl methyl sites for hydroxylation is 1. The lowest BCUT2D eigenvalue weighted by molar-refractivity contribution is -0.120. The van der Waals surface area contributed by atoms with Gasteiger partial charge in [-0.05, 0) is 67.1 Å². The van der Waals surface area contributed by atoms with E-state index in [0.29, 0.717) is 22.5 Å². The smallest absolute Gasteiger partial charge is 0.337 e. The van der Waals surface area contributed by atoms with Crippen LogP contribution in [0.1, 0.15) is 26.3 Å². The molecule has 1 aliphatic rings. The van der Waals surface area contributed by atoms with Gasteiger partial charge in [0.1, 0.15) is 16.5 Å². The summed E-state index contributed by atoms with van der Waals surface area (Å²) < 4.78 is 18.2. The van der Waals surface area contributed by atoms with Crippen LogP contribution < -0.4 is 15.5 Å². The number of carbonyl (C=O) groups is 4. The molecule has 3 amide bonds. The van der Waals surface area contributed by atoms with Gasteiger partial charge in [0.25, 0.3) is 17.7 Å². The molecule has 8 nitrogen and oxygen atoms in total. The lowest BCUT2D eigenvalue weighted by Crippen LogP contribution is -2.32. The number of benzene rings is 3. The molecule has 0 radical (unpaired) electrons. The van der Waals surface area contributed by atoms with Crippen molar-refractivity contribution in [2.45, 2.75) is 6.92 Å². The van der Waals surface area contributed by atoms with Gasteiger partial charge in [0.15, 0.2) is 0 Å². The molecule has 11 heteroatoms. The minimum absolute atomic E-state index is 0.0550. The highest BCUT2D eigenvalue weighted by atomic mass is 35.5. The molecule has 0 saturated carbocycles. The van der Waals surface area contributed by atoms with Crippen molar-refractivity contribution in [1.29, 1.82) is 0 Å². The molecular formula is C26H18Cl2FN3O5. The molecule has 37 heavy (non-hydrogen) atoms. The number of halogens is 3. The van der Waals surface area contributed by atoms with Crippen LogP contribution in [0.25, 0.3) is 0 Å². The van der Waals surface area contributed by atoms with Gasteiger partial charge >= 0.3 is 5.97 Å². The van der Waals surface area contributed by atoms with Gasteiger partial charge in [-0.3, -0.25) is 14.4 Å². The Morgan fingerprint density at radius 2 is 1.59 bits per heavy atom. The fraction of sp³-hybridized carbons (Fsp3) is 0.0769. The topological polar surface area (TPSA) is 105 Å². The van der Waals surface area contributed by atoms with Crippen molar-refractivity contribution in [3.8, 4) is 0 Å². The van der Waals surface area contributed by atoms with Crippen LogP contribution in [0, 0.1) is 12.7 Å². The number of imide groups is 1. The molecule has 0 fully saturated rings. The molecule has 3 aromatic carbocycles. The van der Waals surface area contributed by atoms with Gasteiger partial charge < -0.3 is 15.4 Å². The maximum atomic E-state index is 13.6. The van der Waals surface area contributed by atoms with Crippen LogP contribution in [0.2, 0.25) is 5.02 Å². The summed E-state index contributed by atoms with van der Waals surface area (Å²) >= 11 is 12.0. The van der Waals surface area contributed by atoms with Gasteiger partial charge in [-0.1, -0.05) is 29.3 Å². The van der Waals surface area contributed by atoms with Crippen LogP contribution >= 0.6 is 23.2 Å². The number of esters is 1. The summed E-state index contributed by atoms with van der Waals surface area (Å²) in [5, 5.41) is 4.93. The van der Waals surface area contributed by atoms with E-state index in [1.165, 1.54) is 31.4 Å². The Balaban J connectivity index is 1.54. The Labute approximate surface area is 220 Å². The van der Waals surface area contributed by atoms with Crippen molar-refractivity contribution >= 4 is 64.0 Å². The molecule has 0 aromatic heterocycles.